The Kier molecular flexibility index (Phi) is 4.21. The third kappa shape index (κ3) is 2.83. The highest BCUT2D eigenvalue weighted by molar-refractivity contribution is 7.14. The summed E-state index contributed by atoms with van der Waals surface area (Å²) in [6.45, 7) is 0. The van der Waals surface area contributed by atoms with Crippen molar-refractivity contribution in [1.82, 2.24) is 4.98 Å². The van der Waals surface area contributed by atoms with E-state index in [9.17, 15) is 24.3 Å². The number of hydrogen-bond donors (Lipinski definition) is 2. The van der Waals surface area contributed by atoms with Gasteiger partial charge in [0, 0.05) is 17.1 Å². The number of carboxylic acid groups (broad SMARTS) is 1. The standard InChI is InChI=1S/C19H11N3O5S/c23-15(21-14-4-2-1-3-12(14)18(26)27)10-5-6-11-13(9-10)17(25)22(16(11)24)19-20-7-8-28-19/h1-9H,(H,21,23)(H,26,27). The fourth-order valence-corrected chi connectivity index (χ4v) is 3.49. The van der Waals surface area contributed by atoms with Crippen molar-refractivity contribution >= 4 is 45.8 Å². The summed E-state index contributed by atoms with van der Waals surface area (Å²) in [7, 11) is 0. The molecule has 1 aliphatic heterocycles. The predicted octanol–water partition coefficient (Wildman–Crippen LogP) is 2.89. The maximum absolute atomic E-state index is 12.6. The molecular formula is C19H11N3O5S. The zero-order valence-corrected chi connectivity index (χ0v) is 14.9. The molecule has 9 heteroatoms. The summed E-state index contributed by atoms with van der Waals surface area (Å²) in [5.74, 6) is -2.83. The van der Waals surface area contributed by atoms with Crippen molar-refractivity contribution in [2.24, 2.45) is 0 Å². The molecule has 2 aromatic carbocycles. The SMILES string of the molecule is O=C(Nc1ccccc1C(=O)O)c1ccc2c(c1)C(=O)N(c1nccs1)C2=O. The lowest BCUT2D eigenvalue weighted by atomic mass is 10.0. The van der Waals surface area contributed by atoms with E-state index in [-0.39, 0.29) is 33.1 Å². The summed E-state index contributed by atoms with van der Waals surface area (Å²) in [6, 6.07) is 10.1. The summed E-state index contributed by atoms with van der Waals surface area (Å²) in [4.78, 5) is 53.9. The molecule has 8 nitrogen and oxygen atoms in total. The van der Waals surface area contributed by atoms with Gasteiger partial charge in [0.05, 0.1) is 22.4 Å². The van der Waals surface area contributed by atoms with Crippen LogP contribution in [0.25, 0.3) is 0 Å². The first-order valence-corrected chi connectivity index (χ1v) is 8.91. The van der Waals surface area contributed by atoms with Gasteiger partial charge in [-0.2, -0.15) is 0 Å². The number of carbonyl (C=O) groups excluding carboxylic acids is 3. The van der Waals surface area contributed by atoms with Gasteiger partial charge < -0.3 is 10.4 Å². The van der Waals surface area contributed by atoms with Crippen LogP contribution in [0.3, 0.4) is 0 Å². The molecule has 3 aromatic rings. The summed E-state index contributed by atoms with van der Waals surface area (Å²) < 4.78 is 0. The molecule has 3 amide bonds. The Labute approximate surface area is 162 Å². The molecule has 0 saturated heterocycles. The molecule has 2 heterocycles. The van der Waals surface area contributed by atoms with Crippen LogP contribution in [-0.4, -0.2) is 33.8 Å². The van der Waals surface area contributed by atoms with Crippen LogP contribution in [0.4, 0.5) is 10.8 Å². The minimum absolute atomic E-state index is 0.0572. The summed E-state index contributed by atoms with van der Waals surface area (Å²) in [6.07, 6.45) is 1.49. The monoisotopic (exact) mass is 393 g/mol. The van der Waals surface area contributed by atoms with Crippen molar-refractivity contribution in [2.75, 3.05) is 10.2 Å². The molecule has 0 bridgehead atoms. The van der Waals surface area contributed by atoms with Gasteiger partial charge in [0.25, 0.3) is 17.7 Å². The van der Waals surface area contributed by atoms with Gasteiger partial charge in [0.15, 0.2) is 5.13 Å². The number of carbonyl (C=O) groups is 4. The fourth-order valence-electron chi connectivity index (χ4n) is 2.86. The molecule has 0 spiro atoms. The molecule has 1 aliphatic rings. The summed E-state index contributed by atoms with van der Waals surface area (Å²) in [5.41, 5.74) is 0.480. The third-order valence-corrected chi connectivity index (χ3v) is 4.92. The average Bonchev–Trinajstić information content (AvgIpc) is 3.29. The lowest BCUT2D eigenvalue weighted by Gasteiger charge is -2.09. The van der Waals surface area contributed by atoms with Crippen LogP contribution in [0.2, 0.25) is 0 Å². The lowest BCUT2D eigenvalue weighted by Crippen LogP contribution is -2.29. The van der Waals surface area contributed by atoms with Crippen molar-refractivity contribution in [1.29, 1.82) is 0 Å². The Morgan fingerprint density at radius 3 is 2.50 bits per heavy atom. The molecule has 4 rings (SSSR count). The van der Waals surface area contributed by atoms with Crippen LogP contribution < -0.4 is 10.2 Å². The third-order valence-electron chi connectivity index (χ3n) is 4.16. The number of carboxylic acids is 1. The first-order chi connectivity index (χ1) is 13.5. The first-order valence-electron chi connectivity index (χ1n) is 8.03. The minimum Gasteiger partial charge on any atom is -0.478 e. The van der Waals surface area contributed by atoms with Gasteiger partial charge in [-0.05, 0) is 30.3 Å². The van der Waals surface area contributed by atoms with Gasteiger partial charge in [0.2, 0.25) is 0 Å². The van der Waals surface area contributed by atoms with Crippen molar-refractivity contribution in [3.63, 3.8) is 0 Å². The van der Waals surface area contributed by atoms with Gasteiger partial charge in [-0.1, -0.05) is 12.1 Å². The molecular weight excluding hydrogens is 382 g/mol. The Morgan fingerprint density at radius 1 is 1.04 bits per heavy atom. The lowest BCUT2D eigenvalue weighted by molar-refractivity contribution is 0.0697. The number of hydrogen-bond acceptors (Lipinski definition) is 6. The Morgan fingerprint density at radius 2 is 1.79 bits per heavy atom. The number of fused-ring (bicyclic) bond motifs is 1. The zero-order valence-electron chi connectivity index (χ0n) is 14.1. The number of aromatic carboxylic acids is 1. The Balaban J connectivity index is 1.65. The number of anilines is 2. The number of thiazole rings is 1. The number of imide groups is 1. The molecule has 2 N–H and O–H groups in total. The van der Waals surface area contributed by atoms with Crippen molar-refractivity contribution in [2.45, 2.75) is 0 Å². The minimum atomic E-state index is -1.18. The van der Waals surface area contributed by atoms with Crippen molar-refractivity contribution in [3.05, 3.63) is 76.3 Å². The zero-order chi connectivity index (χ0) is 19.8. The van der Waals surface area contributed by atoms with Crippen molar-refractivity contribution in [3.8, 4) is 0 Å². The number of benzene rings is 2. The predicted molar refractivity (Wildman–Crippen MR) is 101 cm³/mol. The number of aromatic nitrogens is 1. The van der Waals surface area contributed by atoms with E-state index in [1.165, 1.54) is 36.5 Å². The highest BCUT2D eigenvalue weighted by Crippen LogP contribution is 2.30. The van der Waals surface area contributed by atoms with E-state index in [0.717, 1.165) is 16.2 Å². The van der Waals surface area contributed by atoms with E-state index < -0.39 is 23.7 Å². The molecule has 0 saturated carbocycles. The molecule has 0 radical (unpaired) electrons. The molecule has 28 heavy (non-hydrogen) atoms. The summed E-state index contributed by atoms with van der Waals surface area (Å²) >= 11 is 1.15. The van der Waals surface area contributed by atoms with E-state index >= 15 is 0 Å². The van der Waals surface area contributed by atoms with E-state index in [2.05, 4.69) is 10.3 Å². The van der Waals surface area contributed by atoms with Crippen LogP contribution in [0.15, 0.2) is 54.0 Å². The van der Waals surface area contributed by atoms with Crippen LogP contribution in [0.5, 0.6) is 0 Å². The largest absolute Gasteiger partial charge is 0.478 e. The van der Waals surface area contributed by atoms with Crippen LogP contribution in [-0.2, 0) is 0 Å². The van der Waals surface area contributed by atoms with E-state index in [0.29, 0.717) is 0 Å². The number of amides is 3. The van der Waals surface area contributed by atoms with E-state index in [1.54, 1.807) is 17.5 Å². The van der Waals surface area contributed by atoms with Gasteiger partial charge in [-0.15, -0.1) is 11.3 Å². The van der Waals surface area contributed by atoms with E-state index in [1.807, 2.05) is 0 Å². The van der Waals surface area contributed by atoms with Gasteiger partial charge in [-0.3, -0.25) is 14.4 Å². The highest BCUT2D eigenvalue weighted by Gasteiger charge is 2.38. The second-order valence-electron chi connectivity index (χ2n) is 5.83. The summed E-state index contributed by atoms with van der Waals surface area (Å²) in [5, 5.41) is 13.6. The van der Waals surface area contributed by atoms with Crippen molar-refractivity contribution < 1.29 is 24.3 Å². The quantitative estimate of drug-likeness (QED) is 0.659. The maximum atomic E-state index is 12.6. The number of rotatable bonds is 4. The van der Waals surface area contributed by atoms with Gasteiger partial charge >= 0.3 is 5.97 Å². The van der Waals surface area contributed by atoms with Gasteiger partial charge in [-0.25, -0.2) is 14.7 Å². The second-order valence-corrected chi connectivity index (χ2v) is 6.70. The van der Waals surface area contributed by atoms with Crippen LogP contribution in [0.1, 0.15) is 41.4 Å². The number of nitrogens with one attached hydrogen (secondary N) is 1. The molecule has 0 unspecified atom stereocenters. The topological polar surface area (TPSA) is 117 Å². The van der Waals surface area contributed by atoms with Gasteiger partial charge in [0.1, 0.15) is 0 Å². The molecule has 138 valence electrons. The molecule has 0 atom stereocenters. The normalized spacial score (nSPS) is 12.8. The number of nitrogens with zero attached hydrogens (tertiary/aromatic N) is 2. The maximum Gasteiger partial charge on any atom is 0.337 e. The number of para-hydroxylation sites is 1. The second kappa shape index (κ2) is 6.71. The highest BCUT2D eigenvalue weighted by atomic mass is 32.1. The van der Waals surface area contributed by atoms with E-state index in [4.69, 9.17) is 0 Å². The molecule has 0 fully saturated rings. The average molecular weight is 393 g/mol. The van der Waals surface area contributed by atoms with Crippen LogP contribution >= 0.6 is 11.3 Å². The molecule has 1 aromatic heterocycles. The fraction of sp³-hybridized carbons (Fsp3) is 0. The van der Waals surface area contributed by atoms with Crippen LogP contribution in [0, 0.1) is 0 Å². The first kappa shape index (κ1) is 17.6. The Bertz CT molecular complexity index is 1140. The molecule has 0 aliphatic carbocycles. The smallest absolute Gasteiger partial charge is 0.337 e. The Hall–Kier alpha value is -3.85.